The molecule has 96 valence electrons. The van der Waals surface area contributed by atoms with Crippen LogP contribution in [-0.4, -0.2) is 10.2 Å². The Morgan fingerprint density at radius 3 is 2.47 bits per heavy atom. The average Bonchev–Trinajstić information content (AvgIpc) is 2.44. The van der Waals surface area contributed by atoms with Crippen LogP contribution in [0.25, 0.3) is 0 Å². The Morgan fingerprint density at radius 2 is 1.89 bits per heavy atom. The number of hydrogen-bond donors (Lipinski definition) is 1. The lowest BCUT2D eigenvalue weighted by Gasteiger charge is -2.08. The summed E-state index contributed by atoms with van der Waals surface area (Å²) in [4.78, 5) is 0. The quantitative estimate of drug-likeness (QED) is 0.907. The van der Waals surface area contributed by atoms with Crippen molar-refractivity contribution in [3.05, 3.63) is 46.6 Å². The van der Waals surface area contributed by atoms with Gasteiger partial charge in [0, 0.05) is 6.54 Å². The fraction of sp³-hybridized carbons (Fsp3) is 0.214. The van der Waals surface area contributed by atoms with Gasteiger partial charge in [-0.3, -0.25) is 0 Å². The van der Waals surface area contributed by atoms with Gasteiger partial charge in [0.2, 0.25) is 0 Å². The third-order valence-corrected chi connectivity index (χ3v) is 2.91. The highest BCUT2D eigenvalue weighted by atomic mass is 16.5. The van der Waals surface area contributed by atoms with Crippen molar-refractivity contribution in [2.75, 3.05) is 0 Å². The number of aromatic nitrogens is 2. The molecule has 2 N–H and O–H groups in total. The predicted molar refractivity (Wildman–Crippen MR) is 70.6 cm³/mol. The molecular formula is C14H14N4O. The van der Waals surface area contributed by atoms with Crippen molar-refractivity contribution in [2.24, 2.45) is 5.73 Å². The van der Waals surface area contributed by atoms with E-state index >= 15 is 0 Å². The van der Waals surface area contributed by atoms with Crippen LogP contribution in [-0.2, 0) is 6.54 Å². The van der Waals surface area contributed by atoms with Crippen molar-refractivity contribution in [2.45, 2.75) is 20.4 Å². The number of aryl methyl sites for hydroxylation is 1. The molecule has 2 rings (SSSR count). The lowest BCUT2D eigenvalue weighted by atomic mass is 10.1. The Balaban J connectivity index is 2.33. The Labute approximate surface area is 111 Å². The summed E-state index contributed by atoms with van der Waals surface area (Å²) >= 11 is 0. The van der Waals surface area contributed by atoms with Crippen molar-refractivity contribution in [3.8, 4) is 17.7 Å². The van der Waals surface area contributed by atoms with Gasteiger partial charge in [0.25, 0.3) is 5.88 Å². The van der Waals surface area contributed by atoms with Crippen LogP contribution < -0.4 is 10.5 Å². The first-order valence-corrected chi connectivity index (χ1v) is 5.86. The van der Waals surface area contributed by atoms with E-state index in [1.807, 2.05) is 26.0 Å². The highest BCUT2D eigenvalue weighted by Gasteiger charge is 2.12. The first kappa shape index (κ1) is 13.0. The maximum atomic E-state index is 9.17. The Bertz CT molecular complexity index is 629. The van der Waals surface area contributed by atoms with Gasteiger partial charge < -0.3 is 10.5 Å². The van der Waals surface area contributed by atoms with Crippen LogP contribution in [0.5, 0.6) is 11.6 Å². The molecule has 0 spiro atoms. The zero-order valence-electron chi connectivity index (χ0n) is 10.8. The first-order chi connectivity index (χ1) is 9.15. The zero-order chi connectivity index (χ0) is 13.8. The van der Waals surface area contributed by atoms with Crippen molar-refractivity contribution < 1.29 is 4.74 Å². The second kappa shape index (κ2) is 5.46. The van der Waals surface area contributed by atoms with E-state index < -0.39 is 0 Å². The summed E-state index contributed by atoms with van der Waals surface area (Å²) in [5.74, 6) is 0.831. The molecule has 0 aliphatic carbocycles. The topological polar surface area (TPSA) is 84.8 Å². The van der Waals surface area contributed by atoms with Crippen LogP contribution in [0, 0.1) is 25.2 Å². The van der Waals surface area contributed by atoms with Crippen molar-refractivity contribution >= 4 is 0 Å². The van der Waals surface area contributed by atoms with Gasteiger partial charge in [-0.2, -0.15) is 10.4 Å². The summed E-state index contributed by atoms with van der Waals surface area (Å²) in [6, 6.07) is 9.43. The van der Waals surface area contributed by atoms with Gasteiger partial charge in [0.05, 0.1) is 5.69 Å². The zero-order valence-corrected chi connectivity index (χ0v) is 10.8. The third-order valence-electron chi connectivity index (χ3n) is 2.91. The number of nitrogens with two attached hydrogens (primary N) is 1. The highest BCUT2D eigenvalue weighted by molar-refractivity contribution is 5.46. The Hall–Kier alpha value is -2.45. The second-order valence-corrected chi connectivity index (χ2v) is 4.15. The minimum absolute atomic E-state index is 0.228. The number of rotatable bonds is 3. The molecule has 0 aliphatic rings. The molecule has 5 heteroatoms. The largest absolute Gasteiger partial charge is 0.437 e. The maximum Gasteiger partial charge on any atom is 0.257 e. The van der Waals surface area contributed by atoms with Gasteiger partial charge in [0.1, 0.15) is 17.4 Å². The number of ether oxygens (including phenoxy) is 1. The molecule has 0 fully saturated rings. The Morgan fingerprint density at radius 1 is 1.21 bits per heavy atom. The van der Waals surface area contributed by atoms with Crippen molar-refractivity contribution in [1.82, 2.24) is 10.2 Å². The SMILES string of the molecule is Cc1nnc(Oc2ccc(CN)cc2)c(C#N)c1C. The molecular weight excluding hydrogens is 240 g/mol. The van der Waals surface area contributed by atoms with E-state index in [2.05, 4.69) is 16.3 Å². The number of hydrogen-bond acceptors (Lipinski definition) is 5. The van der Waals surface area contributed by atoms with E-state index in [0.29, 0.717) is 17.9 Å². The molecule has 0 unspecified atom stereocenters. The summed E-state index contributed by atoms with van der Waals surface area (Å²) in [5, 5.41) is 17.1. The molecule has 5 nitrogen and oxygen atoms in total. The van der Waals surface area contributed by atoms with Gasteiger partial charge >= 0.3 is 0 Å². The fourth-order valence-electron chi connectivity index (χ4n) is 1.60. The molecule has 1 aromatic heterocycles. The normalized spacial score (nSPS) is 10.0. The van der Waals surface area contributed by atoms with Crippen LogP contribution in [0.1, 0.15) is 22.4 Å². The maximum absolute atomic E-state index is 9.17. The third kappa shape index (κ3) is 2.69. The molecule has 0 bridgehead atoms. The average molecular weight is 254 g/mol. The van der Waals surface area contributed by atoms with Crippen molar-refractivity contribution in [1.29, 1.82) is 5.26 Å². The summed E-state index contributed by atoms with van der Waals surface area (Å²) in [6.07, 6.45) is 0. The smallest absolute Gasteiger partial charge is 0.257 e. The predicted octanol–water partition coefficient (Wildman–Crippen LogP) is 2.22. The van der Waals surface area contributed by atoms with Crippen LogP contribution >= 0.6 is 0 Å². The van der Waals surface area contributed by atoms with E-state index in [1.54, 1.807) is 12.1 Å². The number of benzene rings is 1. The number of nitriles is 1. The molecule has 0 amide bonds. The van der Waals surface area contributed by atoms with Crippen LogP contribution in [0.15, 0.2) is 24.3 Å². The summed E-state index contributed by atoms with van der Waals surface area (Å²) in [7, 11) is 0. The second-order valence-electron chi connectivity index (χ2n) is 4.15. The lowest BCUT2D eigenvalue weighted by molar-refractivity contribution is 0.451. The van der Waals surface area contributed by atoms with E-state index in [1.165, 1.54) is 0 Å². The monoisotopic (exact) mass is 254 g/mol. The molecule has 0 saturated carbocycles. The van der Waals surface area contributed by atoms with E-state index in [-0.39, 0.29) is 5.88 Å². The molecule has 0 radical (unpaired) electrons. The molecule has 0 atom stereocenters. The minimum Gasteiger partial charge on any atom is -0.437 e. The van der Waals surface area contributed by atoms with E-state index in [0.717, 1.165) is 16.8 Å². The van der Waals surface area contributed by atoms with Gasteiger partial charge in [-0.1, -0.05) is 12.1 Å². The Kier molecular flexibility index (Phi) is 3.74. The minimum atomic E-state index is 0.228. The molecule has 1 heterocycles. The summed E-state index contributed by atoms with van der Waals surface area (Å²) in [6.45, 7) is 4.11. The lowest BCUT2D eigenvalue weighted by Crippen LogP contribution is -2.01. The molecule has 1 aromatic carbocycles. The van der Waals surface area contributed by atoms with Gasteiger partial charge in [-0.05, 0) is 37.1 Å². The van der Waals surface area contributed by atoms with Crippen LogP contribution in [0.4, 0.5) is 0 Å². The van der Waals surface area contributed by atoms with Gasteiger partial charge in [-0.15, -0.1) is 5.10 Å². The molecule has 19 heavy (non-hydrogen) atoms. The van der Waals surface area contributed by atoms with E-state index in [4.69, 9.17) is 15.7 Å². The first-order valence-electron chi connectivity index (χ1n) is 5.86. The summed E-state index contributed by atoms with van der Waals surface area (Å²) < 4.78 is 5.60. The van der Waals surface area contributed by atoms with Gasteiger partial charge in [0.15, 0.2) is 0 Å². The number of nitrogens with zero attached hydrogens (tertiary/aromatic N) is 3. The summed E-state index contributed by atoms with van der Waals surface area (Å²) in [5.41, 5.74) is 8.46. The van der Waals surface area contributed by atoms with Crippen LogP contribution in [0.3, 0.4) is 0 Å². The van der Waals surface area contributed by atoms with Gasteiger partial charge in [-0.25, -0.2) is 0 Å². The molecule has 0 aliphatic heterocycles. The standard InChI is InChI=1S/C14H14N4O/c1-9-10(2)17-18-14(13(9)8-16)19-12-5-3-11(7-15)4-6-12/h3-6H,7,15H2,1-2H3. The van der Waals surface area contributed by atoms with E-state index in [9.17, 15) is 0 Å². The van der Waals surface area contributed by atoms with Crippen molar-refractivity contribution in [3.63, 3.8) is 0 Å². The fourth-order valence-corrected chi connectivity index (χ4v) is 1.60. The highest BCUT2D eigenvalue weighted by Crippen LogP contribution is 2.25. The molecule has 0 saturated heterocycles. The van der Waals surface area contributed by atoms with Crippen LogP contribution in [0.2, 0.25) is 0 Å². The molecule has 2 aromatic rings.